The van der Waals surface area contributed by atoms with E-state index in [4.69, 9.17) is 4.74 Å². The van der Waals surface area contributed by atoms with Crippen molar-refractivity contribution in [1.82, 2.24) is 10.3 Å². The molecule has 0 aromatic carbocycles. The monoisotopic (exact) mass is 246 g/mol. The van der Waals surface area contributed by atoms with E-state index in [1.165, 1.54) is 31.4 Å². The van der Waals surface area contributed by atoms with Crippen molar-refractivity contribution in [3.63, 3.8) is 0 Å². The topological polar surface area (TPSA) is 34.2 Å². The third kappa shape index (κ3) is 2.17. The minimum absolute atomic E-state index is 0.215. The van der Waals surface area contributed by atoms with Crippen LogP contribution in [0.15, 0.2) is 24.4 Å². The van der Waals surface area contributed by atoms with Crippen LogP contribution >= 0.6 is 0 Å². The Balaban J connectivity index is 1.75. The maximum atomic E-state index is 6.01. The van der Waals surface area contributed by atoms with E-state index in [1.54, 1.807) is 0 Å². The Kier molecular flexibility index (Phi) is 3.35. The molecule has 1 aliphatic carbocycles. The van der Waals surface area contributed by atoms with Gasteiger partial charge in [-0.3, -0.25) is 4.98 Å². The van der Waals surface area contributed by atoms with Crippen LogP contribution in [0, 0.1) is 5.92 Å². The molecule has 18 heavy (non-hydrogen) atoms. The first kappa shape index (κ1) is 12.1. The van der Waals surface area contributed by atoms with Gasteiger partial charge in [-0.15, -0.1) is 0 Å². The SMILES string of the molecule is CNC(c1ccccn1)C1CCOC2(CCC2)C1. The molecule has 0 amide bonds. The third-order valence-electron chi connectivity index (χ3n) is 4.58. The summed E-state index contributed by atoms with van der Waals surface area (Å²) in [5, 5.41) is 3.46. The quantitative estimate of drug-likeness (QED) is 0.890. The van der Waals surface area contributed by atoms with Gasteiger partial charge in [0.15, 0.2) is 0 Å². The van der Waals surface area contributed by atoms with Gasteiger partial charge in [0.1, 0.15) is 0 Å². The van der Waals surface area contributed by atoms with Gasteiger partial charge in [-0.1, -0.05) is 6.07 Å². The first-order valence-electron chi connectivity index (χ1n) is 7.05. The molecule has 3 nitrogen and oxygen atoms in total. The fourth-order valence-electron chi connectivity index (χ4n) is 3.45. The van der Waals surface area contributed by atoms with Crippen molar-refractivity contribution in [3.05, 3.63) is 30.1 Å². The minimum Gasteiger partial charge on any atom is -0.375 e. The van der Waals surface area contributed by atoms with Crippen LogP contribution in [0.1, 0.15) is 43.8 Å². The second-order valence-electron chi connectivity index (χ2n) is 5.66. The van der Waals surface area contributed by atoms with Crippen LogP contribution in [0.3, 0.4) is 0 Å². The van der Waals surface area contributed by atoms with E-state index in [2.05, 4.69) is 22.4 Å². The van der Waals surface area contributed by atoms with Gasteiger partial charge < -0.3 is 10.1 Å². The molecule has 1 saturated heterocycles. The molecule has 3 rings (SSSR count). The second kappa shape index (κ2) is 4.98. The Morgan fingerprint density at radius 1 is 1.44 bits per heavy atom. The summed E-state index contributed by atoms with van der Waals surface area (Å²) in [5.41, 5.74) is 1.38. The molecule has 0 bridgehead atoms. The lowest BCUT2D eigenvalue weighted by molar-refractivity contribution is -0.147. The lowest BCUT2D eigenvalue weighted by Gasteiger charge is -2.48. The van der Waals surface area contributed by atoms with E-state index in [0.717, 1.165) is 13.0 Å². The molecule has 2 fully saturated rings. The number of rotatable bonds is 3. The lowest BCUT2D eigenvalue weighted by atomic mass is 9.70. The predicted molar refractivity (Wildman–Crippen MR) is 71.3 cm³/mol. The average molecular weight is 246 g/mol. The lowest BCUT2D eigenvalue weighted by Crippen LogP contribution is -2.47. The molecule has 1 aromatic rings. The predicted octanol–water partition coefficient (Wildman–Crippen LogP) is 2.69. The van der Waals surface area contributed by atoms with Crippen LogP contribution < -0.4 is 5.32 Å². The summed E-state index contributed by atoms with van der Waals surface area (Å²) in [5.74, 6) is 0.652. The molecule has 3 heteroatoms. The van der Waals surface area contributed by atoms with Crippen molar-refractivity contribution in [2.45, 2.75) is 43.7 Å². The van der Waals surface area contributed by atoms with Crippen LogP contribution in [0.4, 0.5) is 0 Å². The highest BCUT2D eigenvalue weighted by atomic mass is 16.5. The van der Waals surface area contributed by atoms with E-state index < -0.39 is 0 Å². The van der Waals surface area contributed by atoms with E-state index in [-0.39, 0.29) is 5.60 Å². The molecule has 2 unspecified atom stereocenters. The molecule has 1 aromatic heterocycles. The Morgan fingerprint density at radius 3 is 2.94 bits per heavy atom. The molecule has 1 N–H and O–H groups in total. The number of pyridine rings is 1. The number of nitrogens with one attached hydrogen (secondary N) is 1. The number of nitrogens with zero attached hydrogens (tertiary/aromatic N) is 1. The van der Waals surface area contributed by atoms with Crippen LogP contribution in [-0.2, 0) is 4.74 Å². The molecular formula is C15H22N2O. The average Bonchev–Trinajstić information content (AvgIpc) is 2.39. The fourth-order valence-corrected chi connectivity index (χ4v) is 3.45. The van der Waals surface area contributed by atoms with Gasteiger partial charge in [0.2, 0.25) is 0 Å². The molecular weight excluding hydrogens is 224 g/mol. The Morgan fingerprint density at radius 2 is 2.33 bits per heavy atom. The van der Waals surface area contributed by atoms with Gasteiger partial charge in [-0.05, 0) is 57.2 Å². The summed E-state index contributed by atoms with van der Waals surface area (Å²) < 4.78 is 6.01. The number of ether oxygens (including phenoxy) is 1. The molecule has 2 atom stereocenters. The van der Waals surface area contributed by atoms with Crippen molar-refractivity contribution >= 4 is 0 Å². The summed E-state index contributed by atoms with van der Waals surface area (Å²) in [6.07, 6.45) is 8.06. The van der Waals surface area contributed by atoms with Crippen molar-refractivity contribution in [2.24, 2.45) is 5.92 Å². The summed E-state index contributed by atoms with van der Waals surface area (Å²) in [7, 11) is 2.04. The zero-order valence-corrected chi connectivity index (χ0v) is 11.1. The fraction of sp³-hybridized carbons (Fsp3) is 0.667. The molecule has 2 aliphatic rings. The number of hydrogen-bond donors (Lipinski definition) is 1. The standard InChI is InChI=1S/C15H22N2O/c1-16-14(13-5-2-3-9-17-13)12-6-10-18-15(11-12)7-4-8-15/h2-3,5,9,12,14,16H,4,6-8,10-11H2,1H3. The van der Waals surface area contributed by atoms with E-state index in [1.807, 2.05) is 19.3 Å². The number of hydrogen-bond acceptors (Lipinski definition) is 3. The summed E-state index contributed by atoms with van der Waals surface area (Å²) in [4.78, 5) is 4.51. The highest BCUT2D eigenvalue weighted by molar-refractivity contribution is 5.11. The van der Waals surface area contributed by atoms with E-state index >= 15 is 0 Å². The highest BCUT2D eigenvalue weighted by Crippen LogP contribution is 2.46. The zero-order chi connectivity index (χ0) is 12.4. The van der Waals surface area contributed by atoms with Gasteiger partial charge in [0, 0.05) is 12.8 Å². The van der Waals surface area contributed by atoms with Gasteiger partial charge in [-0.2, -0.15) is 0 Å². The summed E-state index contributed by atoms with van der Waals surface area (Å²) in [6, 6.07) is 6.55. The molecule has 2 heterocycles. The minimum atomic E-state index is 0.215. The van der Waals surface area contributed by atoms with Crippen LogP contribution in [0.5, 0.6) is 0 Å². The Bertz CT molecular complexity index is 389. The van der Waals surface area contributed by atoms with E-state index in [9.17, 15) is 0 Å². The first-order chi connectivity index (χ1) is 8.83. The van der Waals surface area contributed by atoms with Crippen molar-refractivity contribution < 1.29 is 4.74 Å². The first-order valence-corrected chi connectivity index (χ1v) is 7.05. The highest BCUT2D eigenvalue weighted by Gasteiger charge is 2.44. The molecule has 0 radical (unpaired) electrons. The molecule has 1 aliphatic heterocycles. The van der Waals surface area contributed by atoms with Crippen LogP contribution in [0.2, 0.25) is 0 Å². The third-order valence-corrected chi connectivity index (χ3v) is 4.58. The Labute approximate surface area is 109 Å². The molecule has 98 valence electrons. The van der Waals surface area contributed by atoms with Gasteiger partial charge in [-0.25, -0.2) is 0 Å². The zero-order valence-electron chi connectivity index (χ0n) is 11.1. The van der Waals surface area contributed by atoms with Crippen molar-refractivity contribution in [2.75, 3.05) is 13.7 Å². The molecule has 1 spiro atoms. The normalized spacial score (nSPS) is 27.7. The largest absolute Gasteiger partial charge is 0.375 e. The van der Waals surface area contributed by atoms with E-state index in [0.29, 0.717) is 12.0 Å². The smallest absolute Gasteiger partial charge is 0.0686 e. The van der Waals surface area contributed by atoms with Crippen molar-refractivity contribution in [3.8, 4) is 0 Å². The summed E-state index contributed by atoms with van der Waals surface area (Å²) >= 11 is 0. The van der Waals surface area contributed by atoms with Crippen molar-refractivity contribution in [1.29, 1.82) is 0 Å². The van der Waals surface area contributed by atoms with Crippen LogP contribution in [0.25, 0.3) is 0 Å². The maximum absolute atomic E-state index is 6.01. The van der Waals surface area contributed by atoms with Gasteiger partial charge in [0.05, 0.1) is 17.3 Å². The molecule has 1 saturated carbocycles. The second-order valence-corrected chi connectivity index (χ2v) is 5.66. The summed E-state index contributed by atoms with van der Waals surface area (Å²) in [6.45, 7) is 0.912. The van der Waals surface area contributed by atoms with Gasteiger partial charge >= 0.3 is 0 Å². The van der Waals surface area contributed by atoms with Crippen LogP contribution in [-0.4, -0.2) is 24.2 Å². The Hall–Kier alpha value is -0.930. The maximum Gasteiger partial charge on any atom is 0.0686 e. The number of aromatic nitrogens is 1. The van der Waals surface area contributed by atoms with Gasteiger partial charge in [0.25, 0.3) is 0 Å².